The third-order valence-corrected chi connectivity index (χ3v) is 6.90. The van der Waals surface area contributed by atoms with E-state index in [1.165, 1.54) is 11.8 Å². The molecule has 11 heteroatoms. The first-order chi connectivity index (χ1) is 18.5. The Kier molecular flexibility index (Phi) is 9.19. The van der Waals surface area contributed by atoms with Gasteiger partial charge in [0.2, 0.25) is 0 Å². The highest BCUT2D eigenvalue weighted by molar-refractivity contribution is 7.99. The van der Waals surface area contributed by atoms with Crippen LogP contribution >= 0.6 is 23.4 Å². The largest absolute Gasteiger partial charge is 0.493 e. The molecule has 0 fully saturated rings. The number of methoxy groups -OCH3 is 1. The van der Waals surface area contributed by atoms with Gasteiger partial charge in [-0.05, 0) is 50.6 Å². The van der Waals surface area contributed by atoms with Gasteiger partial charge in [-0.2, -0.15) is 0 Å². The minimum Gasteiger partial charge on any atom is -0.493 e. The monoisotopic (exact) mass is 555 g/mol. The number of esters is 1. The van der Waals surface area contributed by atoms with Gasteiger partial charge in [0.05, 0.1) is 43.4 Å². The predicted molar refractivity (Wildman–Crippen MR) is 151 cm³/mol. The molecule has 0 radical (unpaired) electrons. The first-order valence-corrected chi connectivity index (χ1v) is 13.6. The van der Waals surface area contributed by atoms with Crippen LogP contribution in [0.4, 0.5) is 17.1 Å². The smallest absolute Gasteiger partial charge is 0.358 e. The summed E-state index contributed by atoms with van der Waals surface area (Å²) in [6.07, 6.45) is 4.07. The SMILES string of the molecule is CCOC(=O)c1cn(CC)c(Sc2ccc(Nc3c(N)cnc4cc(OCCCCl)c(OC)cc34)cc2)n1. The normalized spacial score (nSPS) is 10.9. The number of nitrogens with one attached hydrogen (secondary N) is 1. The molecule has 2 heterocycles. The van der Waals surface area contributed by atoms with Gasteiger partial charge in [-0.1, -0.05) is 11.8 Å². The number of nitrogen functional groups attached to an aromatic ring is 1. The number of hydrogen-bond acceptors (Lipinski definition) is 9. The quantitative estimate of drug-likeness (QED) is 0.121. The zero-order chi connectivity index (χ0) is 27.1. The molecule has 0 unspecified atom stereocenters. The number of pyridine rings is 1. The number of nitrogens with two attached hydrogens (primary N) is 1. The fraction of sp³-hybridized carbons (Fsp3) is 0.296. The zero-order valence-corrected chi connectivity index (χ0v) is 23.1. The highest BCUT2D eigenvalue weighted by atomic mass is 35.5. The summed E-state index contributed by atoms with van der Waals surface area (Å²) in [5.74, 6) is 1.29. The molecule has 0 amide bonds. The average molecular weight is 556 g/mol. The molecular weight excluding hydrogens is 526 g/mol. The maximum atomic E-state index is 12.1. The van der Waals surface area contributed by atoms with Crippen LogP contribution in [0, 0.1) is 0 Å². The number of nitrogens with zero attached hydrogens (tertiary/aromatic N) is 3. The molecule has 9 nitrogen and oxygen atoms in total. The van der Waals surface area contributed by atoms with E-state index in [-0.39, 0.29) is 0 Å². The van der Waals surface area contributed by atoms with E-state index in [1.54, 1.807) is 26.4 Å². The fourth-order valence-electron chi connectivity index (χ4n) is 3.73. The topological polar surface area (TPSA) is 114 Å². The van der Waals surface area contributed by atoms with Crippen LogP contribution in [0.5, 0.6) is 11.5 Å². The lowest BCUT2D eigenvalue weighted by Crippen LogP contribution is -2.04. The van der Waals surface area contributed by atoms with Crippen molar-refractivity contribution in [3.8, 4) is 11.5 Å². The van der Waals surface area contributed by atoms with Gasteiger partial charge >= 0.3 is 5.97 Å². The Morgan fingerprint density at radius 1 is 1.18 bits per heavy atom. The number of halogens is 1. The molecule has 0 saturated carbocycles. The number of benzene rings is 2. The molecule has 38 heavy (non-hydrogen) atoms. The number of aryl methyl sites for hydroxylation is 1. The molecule has 4 rings (SSSR count). The van der Waals surface area contributed by atoms with Gasteiger partial charge in [0.25, 0.3) is 0 Å². The second-order valence-electron chi connectivity index (χ2n) is 8.17. The van der Waals surface area contributed by atoms with Gasteiger partial charge in [-0.25, -0.2) is 9.78 Å². The Bertz CT molecular complexity index is 1410. The number of carbonyl (C=O) groups is 1. The van der Waals surface area contributed by atoms with E-state index in [9.17, 15) is 4.79 Å². The molecule has 0 aliphatic carbocycles. The molecule has 0 aliphatic rings. The van der Waals surface area contributed by atoms with Crippen LogP contribution in [-0.2, 0) is 11.3 Å². The number of carbonyl (C=O) groups excluding carboxylic acids is 1. The molecule has 0 spiro atoms. The van der Waals surface area contributed by atoms with E-state index in [4.69, 9.17) is 31.5 Å². The van der Waals surface area contributed by atoms with E-state index in [0.717, 1.165) is 38.8 Å². The minimum atomic E-state index is -0.422. The third-order valence-electron chi connectivity index (χ3n) is 5.62. The molecule has 0 atom stereocenters. The second-order valence-corrected chi connectivity index (χ2v) is 9.59. The third kappa shape index (κ3) is 6.25. The highest BCUT2D eigenvalue weighted by Gasteiger charge is 2.16. The molecule has 0 aliphatic heterocycles. The van der Waals surface area contributed by atoms with Crippen molar-refractivity contribution in [1.29, 1.82) is 0 Å². The highest BCUT2D eigenvalue weighted by Crippen LogP contribution is 2.38. The molecule has 0 bridgehead atoms. The molecule has 200 valence electrons. The van der Waals surface area contributed by atoms with Gasteiger partial charge in [0, 0.05) is 40.7 Å². The summed E-state index contributed by atoms with van der Waals surface area (Å²) in [4.78, 5) is 22.0. The van der Waals surface area contributed by atoms with Gasteiger partial charge < -0.3 is 29.8 Å². The van der Waals surface area contributed by atoms with Gasteiger partial charge in [0.1, 0.15) is 0 Å². The lowest BCUT2D eigenvalue weighted by Gasteiger charge is -2.16. The Morgan fingerprint density at radius 2 is 1.97 bits per heavy atom. The Hall–Kier alpha value is -3.63. The molecule has 4 aromatic rings. The van der Waals surface area contributed by atoms with Crippen LogP contribution in [-0.4, -0.2) is 46.7 Å². The number of fused-ring (bicyclic) bond motifs is 1. The molecular formula is C27H30ClN5O4S. The summed E-state index contributed by atoms with van der Waals surface area (Å²) in [5, 5.41) is 4.94. The van der Waals surface area contributed by atoms with E-state index < -0.39 is 5.97 Å². The fourth-order valence-corrected chi connectivity index (χ4v) is 4.77. The van der Waals surface area contributed by atoms with Crippen LogP contribution in [0.25, 0.3) is 10.9 Å². The first kappa shape index (κ1) is 27.4. The summed E-state index contributed by atoms with van der Waals surface area (Å²) in [6.45, 7) is 5.25. The maximum Gasteiger partial charge on any atom is 0.358 e. The summed E-state index contributed by atoms with van der Waals surface area (Å²) in [7, 11) is 1.60. The first-order valence-electron chi connectivity index (χ1n) is 12.2. The standard InChI is InChI=1S/C27H30ClN5O4S/c1-4-33-16-22(26(34)36-5-2)32-27(33)38-18-9-7-17(8-10-18)31-25-19-13-23(35-3)24(37-12-6-11-28)14-21(19)30-15-20(25)29/h7-10,13-16H,4-6,11-12,29H2,1-3H3,(H,30,31). The molecule has 0 saturated heterocycles. The van der Waals surface area contributed by atoms with Gasteiger partial charge in [-0.3, -0.25) is 4.98 Å². The maximum absolute atomic E-state index is 12.1. The van der Waals surface area contributed by atoms with Crippen molar-refractivity contribution in [1.82, 2.24) is 14.5 Å². The molecule has 2 aromatic heterocycles. The Labute approximate surface area is 230 Å². The average Bonchev–Trinajstić information content (AvgIpc) is 3.34. The number of hydrogen-bond donors (Lipinski definition) is 2. The van der Waals surface area contributed by atoms with E-state index in [1.807, 2.05) is 47.9 Å². The van der Waals surface area contributed by atoms with Crippen molar-refractivity contribution in [3.05, 3.63) is 54.5 Å². The van der Waals surface area contributed by atoms with Crippen molar-refractivity contribution in [3.63, 3.8) is 0 Å². The second kappa shape index (κ2) is 12.7. The van der Waals surface area contributed by atoms with Crippen LogP contribution in [0.2, 0.25) is 0 Å². The number of rotatable bonds is 12. The van der Waals surface area contributed by atoms with Crippen molar-refractivity contribution in [2.45, 2.75) is 36.9 Å². The molecule has 3 N–H and O–H groups in total. The number of alkyl halides is 1. The van der Waals surface area contributed by atoms with Crippen LogP contribution in [0.3, 0.4) is 0 Å². The summed E-state index contributed by atoms with van der Waals surface area (Å²) >= 11 is 7.24. The lowest BCUT2D eigenvalue weighted by atomic mass is 10.1. The van der Waals surface area contributed by atoms with Crippen molar-refractivity contribution >= 4 is 57.3 Å². The van der Waals surface area contributed by atoms with Crippen LogP contribution < -0.4 is 20.5 Å². The number of aromatic nitrogens is 3. The van der Waals surface area contributed by atoms with E-state index in [2.05, 4.69) is 15.3 Å². The van der Waals surface area contributed by atoms with Gasteiger partial charge in [0.15, 0.2) is 22.3 Å². The minimum absolute atomic E-state index is 0.303. The number of ether oxygens (including phenoxy) is 3. The van der Waals surface area contributed by atoms with Crippen molar-refractivity contribution < 1.29 is 19.0 Å². The lowest BCUT2D eigenvalue weighted by molar-refractivity contribution is 0.0519. The van der Waals surface area contributed by atoms with Crippen molar-refractivity contribution in [2.24, 2.45) is 0 Å². The predicted octanol–water partition coefficient (Wildman–Crippen LogP) is 6.12. The molecule has 2 aromatic carbocycles. The van der Waals surface area contributed by atoms with Crippen LogP contribution in [0.1, 0.15) is 30.8 Å². The summed E-state index contributed by atoms with van der Waals surface area (Å²) in [6, 6.07) is 11.6. The van der Waals surface area contributed by atoms with E-state index >= 15 is 0 Å². The number of anilines is 3. The van der Waals surface area contributed by atoms with Gasteiger partial charge in [-0.15, -0.1) is 11.6 Å². The van der Waals surface area contributed by atoms with E-state index in [0.29, 0.717) is 48.5 Å². The summed E-state index contributed by atoms with van der Waals surface area (Å²) in [5.41, 5.74) is 9.41. The van der Waals surface area contributed by atoms with Crippen molar-refractivity contribution in [2.75, 3.05) is 37.3 Å². The Morgan fingerprint density at radius 3 is 2.66 bits per heavy atom. The number of imidazole rings is 1. The zero-order valence-electron chi connectivity index (χ0n) is 21.5. The summed E-state index contributed by atoms with van der Waals surface area (Å²) < 4.78 is 18.4. The Balaban J connectivity index is 1.55. The van der Waals surface area contributed by atoms with Crippen LogP contribution in [0.15, 0.2) is 58.8 Å².